The molecule has 1 aliphatic rings. The van der Waals surface area contributed by atoms with Crippen molar-refractivity contribution in [2.24, 2.45) is 0 Å². The molecule has 0 aliphatic heterocycles. The standard InChI is InChI=1S/C22H20F3N3O2/c23-22(24,25)19-10-12-28(27-19)18-7-5-15(6-8-18)14-26-20(29)21(30)11-9-16-3-1-2-4-17(16)13-21/h1-8,10,12,30H,9,11,13-14H2,(H,26,29). The van der Waals surface area contributed by atoms with Gasteiger partial charge in [0, 0.05) is 19.2 Å². The van der Waals surface area contributed by atoms with Gasteiger partial charge in [0.05, 0.1) is 5.69 Å². The van der Waals surface area contributed by atoms with E-state index in [0.29, 0.717) is 18.5 Å². The van der Waals surface area contributed by atoms with Crippen LogP contribution < -0.4 is 5.32 Å². The molecule has 1 heterocycles. The number of fused-ring (bicyclic) bond motifs is 1. The summed E-state index contributed by atoms with van der Waals surface area (Å²) in [6.07, 6.45) is -1.98. The van der Waals surface area contributed by atoms with Gasteiger partial charge in [-0.3, -0.25) is 4.79 Å². The van der Waals surface area contributed by atoms with Gasteiger partial charge in [-0.2, -0.15) is 18.3 Å². The average Bonchev–Trinajstić information content (AvgIpc) is 3.23. The van der Waals surface area contributed by atoms with Gasteiger partial charge in [-0.25, -0.2) is 4.68 Å². The fraction of sp³-hybridized carbons (Fsp3) is 0.273. The third kappa shape index (κ3) is 4.09. The molecule has 1 aliphatic carbocycles. The molecule has 30 heavy (non-hydrogen) atoms. The van der Waals surface area contributed by atoms with Crippen LogP contribution in [0.25, 0.3) is 5.69 Å². The minimum absolute atomic E-state index is 0.204. The lowest BCUT2D eigenvalue weighted by molar-refractivity contribution is -0.141. The van der Waals surface area contributed by atoms with E-state index in [1.165, 1.54) is 6.20 Å². The molecular weight excluding hydrogens is 395 g/mol. The lowest BCUT2D eigenvalue weighted by Crippen LogP contribution is -2.50. The highest BCUT2D eigenvalue weighted by molar-refractivity contribution is 5.85. The van der Waals surface area contributed by atoms with Crippen LogP contribution in [0.5, 0.6) is 0 Å². The third-order valence-corrected chi connectivity index (χ3v) is 5.37. The zero-order valence-corrected chi connectivity index (χ0v) is 16.0. The van der Waals surface area contributed by atoms with Crippen molar-refractivity contribution in [2.75, 3.05) is 0 Å². The number of hydrogen-bond acceptors (Lipinski definition) is 3. The Kier molecular flexibility index (Phi) is 5.11. The molecule has 5 nitrogen and oxygen atoms in total. The summed E-state index contributed by atoms with van der Waals surface area (Å²) in [5, 5.41) is 17.1. The normalized spacial score (nSPS) is 18.7. The van der Waals surface area contributed by atoms with Crippen LogP contribution in [-0.2, 0) is 30.4 Å². The number of aryl methyl sites for hydroxylation is 1. The number of nitrogens with zero attached hydrogens (tertiary/aromatic N) is 2. The number of rotatable bonds is 4. The number of carbonyl (C=O) groups excluding carboxylic acids is 1. The summed E-state index contributed by atoms with van der Waals surface area (Å²) in [5.41, 5.74) is 0.956. The van der Waals surface area contributed by atoms with Crippen molar-refractivity contribution in [2.45, 2.75) is 37.6 Å². The minimum Gasteiger partial charge on any atom is -0.380 e. The average molecular weight is 415 g/mol. The molecule has 2 N–H and O–H groups in total. The number of benzene rings is 2. The number of halogens is 3. The molecule has 0 fully saturated rings. The Hall–Kier alpha value is -3.13. The van der Waals surface area contributed by atoms with Gasteiger partial charge in [-0.05, 0) is 47.7 Å². The lowest BCUT2D eigenvalue weighted by atomic mass is 9.80. The Morgan fingerprint density at radius 2 is 1.80 bits per heavy atom. The van der Waals surface area contributed by atoms with Crippen LogP contribution in [0.1, 0.15) is 28.8 Å². The van der Waals surface area contributed by atoms with E-state index >= 15 is 0 Å². The van der Waals surface area contributed by atoms with Crippen LogP contribution >= 0.6 is 0 Å². The molecule has 1 amide bonds. The van der Waals surface area contributed by atoms with Gasteiger partial charge in [0.1, 0.15) is 5.60 Å². The highest BCUT2D eigenvalue weighted by Gasteiger charge is 2.39. The smallest absolute Gasteiger partial charge is 0.380 e. The summed E-state index contributed by atoms with van der Waals surface area (Å²) in [7, 11) is 0. The number of amides is 1. The SMILES string of the molecule is O=C(NCc1ccc(-n2ccc(C(F)(F)F)n2)cc1)C1(O)CCc2ccccc2C1. The predicted molar refractivity (Wildman–Crippen MR) is 104 cm³/mol. The first-order valence-electron chi connectivity index (χ1n) is 9.54. The maximum absolute atomic E-state index is 12.7. The second-order valence-corrected chi connectivity index (χ2v) is 7.47. The van der Waals surface area contributed by atoms with Gasteiger partial charge in [-0.1, -0.05) is 36.4 Å². The van der Waals surface area contributed by atoms with Crippen molar-refractivity contribution in [3.8, 4) is 5.69 Å². The number of alkyl halides is 3. The second-order valence-electron chi connectivity index (χ2n) is 7.47. The Morgan fingerprint density at radius 1 is 1.10 bits per heavy atom. The second kappa shape index (κ2) is 7.60. The molecule has 0 saturated carbocycles. The van der Waals surface area contributed by atoms with Crippen molar-refractivity contribution in [3.05, 3.63) is 83.2 Å². The van der Waals surface area contributed by atoms with Gasteiger partial charge in [0.2, 0.25) is 0 Å². The Morgan fingerprint density at radius 3 is 2.47 bits per heavy atom. The molecule has 0 bridgehead atoms. The fourth-order valence-corrected chi connectivity index (χ4v) is 3.64. The quantitative estimate of drug-likeness (QED) is 0.686. The topological polar surface area (TPSA) is 67.2 Å². The van der Waals surface area contributed by atoms with Crippen molar-refractivity contribution < 1.29 is 23.1 Å². The lowest BCUT2D eigenvalue weighted by Gasteiger charge is -2.32. The Balaban J connectivity index is 1.38. The highest BCUT2D eigenvalue weighted by Crippen LogP contribution is 2.29. The molecule has 1 unspecified atom stereocenters. The zero-order chi connectivity index (χ0) is 21.4. The molecule has 0 saturated heterocycles. The number of aliphatic hydroxyl groups is 1. The van der Waals surface area contributed by atoms with Crippen LogP contribution in [0.2, 0.25) is 0 Å². The van der Waals surface area contributed by atoms with Crippen molar-refractivity contribution in [1.82, 2.24) is 15.1 Å². The fourth-order valence-electron chi connectivity index (χ4n) is 3.64. The molecule has 4 rings (SSSR count). The first-order valence-corrected chi connectivity index (χ1v) is 9.54. The molecule has 1 atom stereocenters. The monoisotopic (exact) mass is 415 g/mol. The van der Waals surface area contributed by atoms with E-state index in [1.807, 2.05) is 24.3 Å². The largest absolute Gasteiger partial charge is 0.435 e. The van der Waals surface area contributed by atoms with E-state index in [1.54, 1.807) is 24.3 Å². The van der Waals surface area contributed by atoms with E-state index in [0.717, 1.165) is 27.4 Å². The number of carbonyl (C=O) groups is 1. The van der Waals surface area contributed by atoms with E-state index in [4.69, 9.17) is 0 Å². The first kappa shape index (κ1) is 20.2. The Labute approximate surface area is 171 Å². The Bertz CT molecular complexity index is 1060. The van der Waals surface area contributed by atoms with Crippen molar-refractivity contribution in [1.29, 1.82) is 0 Å². The molecule has 156 valence electrons. The molecule has 1 aromatic heterocycles. The summed E-state index contributed by atoms with van der Waals surface area (Å²) in [6, 6.07) is 15.3. The summed E-state index contributed by atoms with van der Waals surface area (Å²) in [6.45, 7) is 0.204. The van der Waals surface area contributed by atoms with Crippen LogP contribution in [0.3, 0.4) is 0 Å². The molecule has 8 heteroatoms. The highest BCUT2D eigenvalue weighted by atomic mass is 19.4. The van der Waals surface area contributed by atoms with E-state index in [9.17, 15) is 23.1 Å². The summed E-state index contributed by atoms with van der Waals surface area (Å²) in [5.74, 6) is -0.428. The predicted octanol–water partition coefficient (Wildman–Crippen LogP) is 3.43. The number of nitrogens with one attached hydrogen (secondary N) is 1. The van der Waals surface area contributed by atoms with Gasteiger partial charge < -0.3 is 10.4 Å². The van der Waals surface area contributed by atoms with Gasteiger partial charge in [0.15, 0.2) is 5.69 Å². The molecule has 0 spiro atoms. The van der Waals surface area contributed by atoms with Crippen molar-refractivity contribution >= 4 is 5.91 Å². The summed E-state index contributed by atoms with van der Waals surface area (Å²) in [4.78, 5) is 12.6. The maximum Gasteiger partial charge on any atom is 0.435 e. The van der Waals surface area contributed by atoms with Gasteiger partial charge in [-0.15, -0.1) is 0 Å². The summed E-state index contributed by atoms with van der Waals surface area (Å²) >= 11 is 0. The zero-order valence-electron chi connectivity index (χ0n) is 16.0. The summed E-state index contributed by atoms with van der Waals surface area (Å²) < 4.78 is 39.2. The minimum atomic E-state index is -4.49. The first-order chi connectivity index (χ1) is 14.2. The van der Waals surface area contributed by atoms with E-state index < -0.39 is 23.4 Å². The van der Waals surface area contributed by atoms with Crippen LogP contribution in [0.4, 0.5) is 13.2 Å². The number of hydrogen-bond donors (Lipinski definition) is 2. The van der Waals surface area contributed by atoms with Crippen molar-refractivity contribution in [3.63, 3.8) is 0 Å². The van der Waals surface area contributed by atoms with Crippen LogP contribution in [-0.4, -0.2) is 26.4 Å². The van der Waals surface area contributed by atoms with Crippen LogP contribution in [0.15, 0.2) is 60.8 Å². The van der Waals surface area contributed by atoms with Gasteiger partial charge in [0.25, 0.3) is 5.91 Å². The molecule has 3 aromatic rings. The molecular formula is C22H20F3N3O2. The van der Waals surface area contributed by atoms with E-state index in [-0.39, 0.29) is 13.0 Å². The number of aromatic nitrogens is 2. The third-order valence-electron chi connectivity index (χ3n) is 5.37. The van der Waals surface area contributed by atoms with Crippen LogP contribution in [0, 0.1) is 0 Å². The maximum atomic E-state index is 12.7. The van der Waals surface area contributed by atoms with Gasteiger partial charge >= 0.3 is 6.18 Å². The van der Waals surface area contributed by atoms with E-state index in [2.05, 4.69) is 10.4 Å². The molecule has 0 radical (unpaired) electrons. The molecule has 2 aromatic carbocycles.